The number of anilines is 1. The number of rotatable bonds is 8. The Balaban J connectivity index is 2.12. The molecule has 106 valence electrons. The Hall–Kier alpha value is -1.55. The van der Waals surface area contributed by atoms with Gasteiger partial charge in [0.25, 0.3) is 0 Å². The van der Waals surface area contributed by atoms with E-state index in [4.69, 9.17) is 5.73 Å². The van der Waals surface area contributed by atoms with Gasteiger partial charge in [-0.2, -0.15) is 0 Å². The van der Waals surface area contributed by atoms with Crippen LogP contribution in [0.1, 0.15) is 26.7 Å². The van der Waals surface area contributed by atoms with Crippen molar-refractivity contribution in [3.05, 3.63) is 30.3 Å². The Kier molecular flexibility index (Phi) is 6.97. The first-order valence-electron chi connectivity index (χ1n) is 6.97. The van der Waals surface area contributed by atoms with E-state index in [9.17, 15) is 4.79 Å². The minimum Gasteiger partial charge on any atom is -0.385 e. The fraction of sp³-hybridized carbons (Fsp3) is 0.533. The minimum absolute atomic E-state index is 0.0472. The van der Waals surface area contributed by atoms with Gasteiger partial charge in [0, 0.05) is 18.8 Å². The van der Waals surface area contributed by atoms with Crippen LogP contribution < -0.4 is 16.4 Å². The van der Waals surface area contributed by atoms with E-state index in [0.717, 1.165) is 25.1 Å². The Morgan fingerprint density at radius 1 is 1.26 bits per heavy atom. The number of carbonyl (C=O) groups is 1. The van der Waals surface area contributed by atoms with Gasteiger partial charge in [-0.3, -0.25) is 4.79 Å². The van der Waals surface area contributed by atoms with Crippen LogP contribution in [0.15, 0.2) is 30.3 Å². The largest absolute Gasteiger partial charge is 0.385 e. The highest BCUT2D eigenvalue weighted by molar-refractivity contribution is 5.81. The smallest absolute Gasteiger partial charge is 0.237 e. The molecule has 0 aromatic heterocycles. The summed E-state index contributed by atoms with van der Waals surface area (Å²) < 4.78 is 0. The topological polar surface area (TPSA) is 67.2 Å². The van der Waals surface area contributed by atoms with Gasteiger partial charge in [0.2, 0.25) is 5.91 Å². The van der Waals surface area contributed by atoms with E-state index in [-0.39, 0.29) is 11.8 Å². The van der Waals surface area contributed by atoms with Crippen LogP contribution in [-0.4, -0.2) is 25.0 Å². The molecule has 0 heterocycles. The summed E-state index contributed by atoms with van der Waals surface area (Å²) in [6.07, 6.45) is 1.80. The summed E-state index contributed by atoms with van der Waals surface area (Å²) in [5, 5.41) is 6.18. The lowest BCUT2D eigenvalue weighted by Crippen LogP contribution is -2.45. The van der Waals surface area contributed by atoms with Gasteiger partial charge in [-0.25, -0.2) is 0 Å². The van der Waals surface area contributed by atoms with E-state index in [1.165, 1.54) is 0 Å². The maximum atomic E-state index is 11.7. The van der Waals surface area contributed by atoms with Gasteiger partial charge >= 0.3 is 0 Å². The van der Waals surface area contributed by atoms with Crippen LogP contribution in [0.4, 0.5) is 5.69 Å². The highest BCUT2D eigenvalue weighted by Gasteiger charge is 2.18. The van der Waals surface area contributed by atoms with Gasteiger partial charge < -0.3 is 16.4 Å². The molecule has 0 radical (unpaired) electrons. The molecule has 0 aliphatic rings. The number of hydrogen-bond acceptors (Lipinski definition) is 3. The Bertz CT molecular complexity index is 367. The zero-order valence-corrected chi connectivity index (χ0v) is 11.9. The molecule has 0 spiro atoms. The molecule has 0 fully saturated rings. The summed E-state index contributed by atoms with van der Waals surface area (Å²) in [4.78, 5) is 11.7. The maximum absolute atomic E-state index is 11.7. The number of nitrogens with two attached hydrogens (primary N) is 1. The molecule has 2 atom stereocenters. The number of hydrogen-bond donors (Lipinski definition) is 3. The number of carbonyl (C=O) groups excluding carboxylic acids is 1. The lowest BCUT2D eigenvalue weighted by atomic mass is 9.99. The average Bonchev–Trinajstić information content (AvgIpc) is 2.46. The fourth-order valence-electron chi connectivity index (χ4n) is 1.72. The zero-order valence-electron chi connectivity index (χ0n) is 11.9. The van der Waals surface area contributed by atoms with Crippen molar-refractivity contribution >= 4 is 11.6 Å². The summed E-state index contributed by atoms with van der Waals surface area (Å²) in [6.45, 7) is 5.54. The molecule has 0 bridgehead atoms. The third kappa shape index (κ3) is 5.75. The van der Waals surface area contributed by atoms with Crippen LogP contribution in [0.2, 0.25) is 0 Å². The standard InChI is InChI=1S/C15H25N3O/c1-3-12(2)14(16)15(19)18-11-7-10-17-13-8-5-4-6-9-13/h4-6,8-9,12,14,17H,3,7,10-11,16H2,1-2H3,(H,18,19). The van der Waals surface area contributed by atoms with Crippen molar-refractivity contribution < 1.29 is 4.79 Å². The lowest BCUT2D eigenvalue weighted by Gasteiger charge is -2.17. The van der Waals surface area contributed by atoms with E-state index in [1.54, 1.807) is 0 Å². The molecule has 1 rings (SSSR count). The first-order valence-corrected chi connectivity index (χ1v) is 6.97. The average molecular weight is 263 g/mol. The van der Waals surface area contributed by atoms with Gasteiger partial charge in [0.1, 0.15) is 0 Å². The second-order valence-corrected chi connectivity index (χ2v) is 4.85. The normalized spacial score (nSPS) is 13.6. The Labute approximate surface area is 115 Å². The van der Waals surface area contributed by atoms with E-state index < -0.39 is 6.04 Å². The summed E-state index contributed by atoms with van der Waals surface area (Å²) in [6, 6.07) is 9.63. The van der Waals surface area contributed by atoms with Gasteiger partial charge in [0.05, 0.1) is 6.04 Å². The third-order valence-corrected chi connectivity index (χ3v) is 3.32. The first kappa shape index (κ1) is 15.5. The fourth-order valence-corrected chi connectivity index (χ4v) is 1.72. The third-order valence-electron chi connectivity index (χ3n) is 3.32. The summed E-state index contributed by atoms with van der Waals surface area (Å²) in [5.74, 6) is 0.177. The lowest BCUT2D eigenvalue weighted by molar-refractivity contribution is -0.123. The summed E-state index contributed by atoms with van der Waals surface area (Å²) in [5.41, 5.74) is 6.95. The Morgan fingerprint density at radius 3 is 2.58 bits per heavy atom. The van der Waals surface area contributed by atoms with Gasteiger partial charge in [-0.1, -0.05) is 38.5 Å². The molecule has 0 saturated carbocycles. The second-order valence-electron chi connectivity index (χ2n) is 4.85. The number of nitrogens with one attached hydrogen (secondary N) is 2. The SMILES string of the molecule is CCC(C)C(N)C(=O)NCCCNc1ccccc1. The van der Waals surface area contributed by atoms with Crippen LogP contribution in [0.3, 0.4) is 0 Å². The molecule has 1 aromatic carbocycles. The van der Waals surface area contributed by atoms with E-state index in [2.05, 4.69) is 10.6 Å². The van der Waals surface area contributed by atoms with Gasteiger partial charge in [0.15, 0.2) is 0 Å². The van der Waals surface area contributed by atoms with E-state index >= 15 is 0 Å². The first-order chi connectivity index (χ1) is 9.15. The number of amides is 1. The second kappa shape index (κ2) is 8.53. The highest BCUT2D eigenvalue weighted by atomic mass is 16.2. The van der Waals surface area contributed by atoms with Crippen molar-refractivity contribution in [2.45, 2.75) is 32.7 Å². The van der Waals surface area contributed by atoms with Crippen molar-refractivity contribution in [3.8, 4) is 0 Å². The molecule has 4 heteroatoms. The monoisotopic (exact) mass is 263 g/mol. The predicted octanol–water partition coefficient (Wildman–Crippen LogP) is 1.98. The van der Waals surface area contributed by atoms with Crippen molar-refractivity contribution in [2.24, 2.45) is 11.7 Å². The molecule has 1 amide bonds. The predicted molar refractivity (Wildman–Crippen MR) is 80.0 cm³/mol. The van der Waals surface area contributed by atoms with Crippen molar-refractivity contribution in [1.29, 1.82) is 0 Å². The van der Waals surface area contributed by atoms with Crippen LogP contribution in [-0.2, 0) is 4.79 Å². The highest BCUT2D eigenvalue weighted by Crippen LogP contribution is 2.05. The van der Waals surface area contributed by atoms with E-state index in [0.29, 0.717) is 6.54 Å². The van der Waals surface area contributed by atoms with Gasteiger partial charge in [-0.15, -0.1) is 0 Å². The molecule has 19 heavy (non-hydrogen) atoms. The minimum atomic E-state index is -0.396. The molecule has 0 aliphatic heterocycles. The molecular formula is C15H25N3O. The van der Waals surface area contributed by atoms with Crippen LogP contribution in [0.5, 0.6) is 0 Å². The van der Waals surface area contributed by atoms with Crippen molar-refractivity contribution in [3.63, 3.8) is 0 Å². The molecular weight excluding hydrogens is 238 g/mol. The van der Waals surface area contributed by atoms with E-state index in [1.807, 2.05) is 44.2 Å². The molecule has 0 saturated heterocycles. The van der Waals surface area contributed by atoms with Crippen LogP contribution >= 0.6 is 0 Å². The van der Waals surface area contributed by atoms with Crippen molar-refractivity contribution in [2.75, 3.05) is 18.4 Å². The molecule has 2 unspecified atom stereocenters. The quantitative estimate of drug-likeness (QED) is 0.628. The van der Waals surface area contributed by atoms with Crippen LogP contribution in [0, 0.1) is 5.92 Å². The number of para-hydroxylation sites is 1. The molecule has 0 aliphatic carbocycles. The van der Waals surface area contributed by atoms with Crippen LogP contribution in [0.25, 0.3) is 0 Å². The molecule has 1 aromatic rings. The Morgan fingerprint density at radius 2 is 1.95 bits per heavy atom. The maximum Gasteiger partial charge on any atom is 0.237 e. The number of benzene rings is 1. The molecule has 4 N–H and O–H groups in total. The van der Waals surface area contributed by atoms with Crippen molar-refractivity contribution in [1.82, 2.24) is 5.32 Å². The van der Waals surface area contributed by atoms with Gasteiger partial charge in [-0.05, 0) is 24.5 Å². The summed E-state index contributed by atoms with van der Waals surface area (Å²) in [7, 11) is 0. The zero-order chi connectivity index (χ0) is 14.1. The summed E-state index contributed by atoms with van der Waals surface area (Å²) >= 11 is 0. The molecule has 4 nitrogen and oxygen atoms in total.